The van der Waals surface area contributed by atoms with Crippen molar-refractivity contribution in [3.63, 3.8) is 0 Å². The molecule has 1 saturated heterocycles. The molecule has 450 valence electrons. The van der Waals surface area contributed by atoms with Crippen LogP contribution in [-0.2, 0) is 35.9 Å². The Hall–Kier alpha value is -5.62. The number of ether oxygens (including phenoxy) is 2. The molecular formula is C55H58Cl2F4N8O11S4. The zero-order valence-electron chi connectivity index (χ0n) is 45.9. The number of sulfonamides is 2. The third-order valence-corrected chi connectivity index (χ3v) is 19.9. The number of aliphatic hydroxyl groups excluding tert-OH is 1. The number of nitro groups is 2. The number of nitrogens with one attached hydrogen (secondary N) is 1. The summed E-state index contributed by atoms with van der Waals surface area (Å²) in [6.07, 6.45) is 0.664. The Bertz CT molecular complexity index is 3640. The van der Waals surface area contributed by atoms with E-state index in [9.17, 15) is 59.7 Å². The molecule has 1 aliphatic heterocycles. The Morgan fingerprint density at radius 2 is 1.19 bits per heavy atom. The maximum atomic E-state index is 14.5. The van der Waals surface area contributed by atoms with Crippen molar-refractivity contribution in [2.24, 2.45) is 5.92 Å². The number of hydrogen-bond acceptors (Lipinski definition) is 17. The first-order chi connectivity index (χ1) is 39.6. The van der Waals surface area contributed by atoms with Gasteiger partial charge >= 0.3 is 11.4 Å². The highest BCUT2D eigenvalue weighted by Crippen LogP contribution is 2.52. The molecule has 0 amide bonds. The first-order valence-electron chi connectivity index (χ1n) is 26.4. The van der Waals surface area contributed by atoms with Crippen molar-refractivity contribution in [1.29, 1.82) is 0 Å². The highest BCUT2D eigenvalue weighted by molar-refractivity contribution is 7.99. The molecule has 2 aromatic heterocycles. The topological polar surface area (TPSA) is 260 Å². The van der Waals surface area contributed by atoms with Crippen molar-refractivity contribution in [1.82, 2.24) is 24.7 Å². The lowest BCUT2D eigenvalue weighted by Crippen LogP contribution is -2.36. The number of halogens is 6. The minimum atomic E-state index is -4.47. The van der Waals surface area contributed by atoms with E-state index in [2.05, 4.69) is 24.7 Å². The lowest BCUT2D eigenvalue weighted by atomic mass is 9.98. The van der Waals surface area contributed by atoms with E-state index >= 15 is 0 Å². The molecule has 0 unspecified atom stereocenters. The second-order valence-corrected chi connectivity index (χ2v) is 27.2. The maximum absolute atomic E-state index is 14.5. The number of hydrogen-bond donors (Lipinski definition) is 2. The molecule has 19 nitrogen and oxygen atoms in total. The van der Waals surface area contributed by atoms with Crippen LogP contribution in [0.2, 0.25) is 10.3 Å². The van der Waals surface area contributed by atoms with Crippen molar-refractivity contribution in [3.05, 3.63) is 167 Å². The second-order valence-electron chi connectivity index (χ2n) is 20.9. The van der Waals surface area contributed by atoms with Crippen LogP contribution in [0.5, 0.6) is 0 Å². The Labute approximate surface area is 501 Å². The predicted molar refractivity (Wildman–Crippen MR) is 308 cm³/mol. The van der Waals surface area contributed by atoms with Crippen LogP contribution in [0.3, 0.4) is 0 Å². The van der Waals surface area contributed by atoms with Gasteiger partial charge in [0.2, 0.25) is 26.1 Å². The predicted octanol–water partition coefficient (Wildman–Crippen LogP) is 12.0. The van der Waals surface area contributed by atoms with E-state index < -0.39 is 112 Å². The SMILES string of the molecule is CCCSc1nc(C[C@@H]2C[C@H](O)[C@H]3OC(C)(C)O[C@@H]23)c([N+](=O)[O-])c(N([C@@H]2C[C@H]2c2ccc(F)c(F)c2)S(=O)(=O)c2ccc(C)cc2)n1.CCCSc1nc(Cl)c([N+](=O)[O-])c(Cl)n1.Cc1ccc(S(=O)(=O)N[C@@H]2C[C@H]2c2ccc(F)c(F)c2)cc1. The Kier molecular flexibility index (Phi) is 20.4. The summed E-state index contributed by atoms with van der Waals surface area (Å²) >= 11 is 13.8. The van der Waals surface area contributed by atoms with Crippen LogP contribution in [0, 0.1) is 63.3 Å². The lowest BCUT2D eigenvalue weighted by Gasteiger charge is -2.26. The van der Waals surface area contributed by atoms with Crippen molar-refractivity contribution in [3.8, 4) is 0 Å². The van der Waals surface area contributed by atoms with Crippen molar-refractivity contribution < 1.29 is 58.8 Å². The van der Waals surface area contributed by atoms with E-state index in [0.29, 0.717) is 28.5 Å². The first kappa shape index (κ1) is 64.4. The standard InChI is InChI=1S/C32H36F2N4O7S2.C16H15F2NO2S.C7H7Cl2N3O2S/c1-5-12-46-31-35-24(14-19-15-26(39)29-28(19)44-32(3,4)45-29)27(38(40)41)30(36-31)37(47(42,43)20-9-6-17(2)7-10-20)25-16-21(25)18-8-11-22(33)23(34)13-18;1-10-2-5-12(6-3-10)22(20,21)19-16-9-13(16)11-4-7-14(17)15(18)8-11;1-2-3-15-7-10-5(8)4(12(13)14)6(9)11-7/h6-11,13,19,21,25-26,28-29,39H,5,12,14-16H2,1-4H3;2-8,13,16,19H,9H2,1H3;2-3H2,1H3/t19-,21+,25-,26+,28+,29-;13-,16+;/m10./s1. The summed E-state index contributed by atoms with van der Waals surface area (Å²) in [5, 5.41) is 34.3. The van der Waals surface area contributed by atoms with E-state index in [-0.39, 0.29) is 62.2 Å². The van der Waals surface area contributed by atoms with E-state index in [1.54, 1.807) is 57.2 Å². The van der Waals surface area contributed by atoms with Crippen LogP contribution < -0.4 is 9.03 Å². The quantitative estimate of drug-likeness (QED) is 0.0191. The maximum Gasteiger partial charge on any atom is 0.343 e. The molecule has 29 heteroatoms. The van der Waals surface area contributed by atoms with Gasteiger partial charge in [0.1, 0.15) is 11.8 Å². The zero-order valence-corrected chi connectivity index (χ0v) is 50.7. The summed E-state index contributed by atoms with van der Waals surface area (Å²) in [5.41, 5.74) is 1.75. The number of aromatic nitrogens is 4. The summed E-state index contributed by atoms with van der Waals surface area (Å²) < 4.78 is 123. The van der Waals surface area contributed by atoms with Gasteiger partial charge in [-0.3, -0.25) is 20.2 Å². The fraction of sp³-hybridized carbons (Fsp3) is 0.418. The number of thioether (sulfide) groups is 2. The average molecular weight is 1280 g/mol. The van der Waals surface area contributed by atoms with Gasteiger partial charge in [0, 0.05) is 35.8 Å². The number of nitrogens with zero attached hydrogens (tertiary/aromatic N) is 7. The number of aliphatic hydroxyl groups is 1. The van der Waals surface area contributed by atoms with E-state index in [0.717, 1.165) is 58.3 Å². The summed E-state index contributed by atoms with van der Waals surface area (Å²) in [7, 11) is -8.06. The molecule has 10 rings (SSSR count). The molecule has 4 aliphatic rings. The molecule has 4 fully saturated rings. The first-order valence-corrected chi connectivity index (χ1v) is 32.1. The second kappa shape index (κ2) is 26.6. The van der Waals surface area contributed by atoms with E-state index in [4.69, 9.17) is 32.7 Å². The summed E-state index contributed by atoms with van der Waals surface area (Å²) in [4.78, 5) is 38.8. The number of rotatable bonds is 19. The molecule has 3 saturated carbocycles. The summed E-state index contributed by atoms with van der Waals surface area (Å²) in [5.74, 6) is -5.01. The van der Waals surface area contributed by atoms with Crippen LogP contribution >= 0.6 is 46.7 Å². The monoisotopic (exact) mass is 1280 g/mol. The van der Waals surface area contributed by atoms with Gasteiger partial charge in [0.05, 0.1) is 37.9 Å². The largest absolute Gasteiger partial charge is 0.390 e. The highest BCUT2D eigenvalue weighted by atomic mass is 35.5. The van der Waals surface area contributed by atoms with Gasteiger partial charge in [-0.25, -0.2) is 58.4 Å². The van der Waals surface area contributed by atoms with Crippen LogP contribution in [0.4, 0.5) is 34.8 Å². The number of anilines is 1. The molecule has 6 aromatic rings. The third-order valence-electron chi connectivity index (χ3n) is 14.0. The molecule has 3 aliphatic carbocycles. The normalized spacial score (nSPS) is 22.0. The van der Waals surface area contributed by atoms with Gasteiger partial charge in [-0.05, 0) is 125 Å². The summed E-state index contributed by atoms with van der Waals surface area (Å²) in [6, 6.07) is 18.6. The average Bonchev–Trinajstić information content (AvgIpc) is 1.93. The number of benzene rings is 4. The van der Waals surface area contributed by atoms with Gasteiger partial charge in [-0.1, -0.05) is 108 Å². The highest BCUT2D eigenvalue weighted by Gasteiger charge is 2.55. The van der Waals surface area contributed by atoms with Gasteiger partial charge in [0.25, 0.3) is 10.0 Å². The minimum absolute atomic E-state index is 0.00112. The summed E-state index contributed by atoms with van der Waals surface area (Å²) in [6.45, 7) is 11.1. The molecular weight excluding hydrogens is 1220 g/mol. The van der Waals surface area contributed by atoms with Crippen LogP contribution in [0.25, 0.3) is 0 Å². The van der Waals surface area contributed by atoms with Crippen molar-refractivity contribution >= 4 is 84.0 Å². The number of aryl methyl sites for hydroxylation is 2. The molecule has 0 bridgehead atoms. The zero-order chi connectivity index (χ0) is 61.2. The Morgan fingerprint density at radius 1 is 0.690 bits per heavy atom. The molecule has 0 radical (unpaired) electrons. The van der Waals surface area contributed by atoms with Crippen molar-refractivity contribution in [2.45, 2.75) is 148 Å². The van der Waals surface area contributed by atoms with Crippen molar-refractivity contribution in [2.75, 3.05) is 15.8 Å². The lowest BCUT2D eigenvalue weighted by molar-refractivity contribution is -0.385. The smallest absolute Gasteiger partial charge is 0.343 e. The van der Waals surface area contributed by atoms with E-state index in [1.165, 1.54) is 47.8 Å². The Balaban J connectivity index is 0.000000203. The fourth-order valence-corrected chi connectivity index (χ4v) is 14.7. The molecule has 4 aromatic carbocycles. The van der Waals surface area contributed by atoms with Gasteiger partial charge in [-0.2, -0.15) is 4.98 Å². The van der Waals surface area contributed by atoms with Crippen LogP contribution in [0.1, 0.15) is 99.6 Å². The third kappa shape index (κ3) is 15.1. The molecule has 0 spiro atoms. The molecule has 2 N–H and O–H groups in total. The minimum Gasteiger partial charge on any atom is -0.390 e. The van der Waals surface area contributed by atoms with Gasteiger partial charge < -0.3 is 14.6 Å². The van der Waals surface area contributed by atoms with Crippen LogP contribution in [-0.4, -0.2) is 99.4 Å². The molecule has 84 heavy (non-hydrogen) atoms. The van der Waals surface area contributed by atoms with E-state index in [1.807, 2.05) is 20.8 Å². The Morgan fingerprint density at radius 3 is 1.70 bits per heavy atom. The molecule has 3 heterocycles. The molecule has 8 atom stereocenters. The van der Waals surface area contributed by atoms with Gasteiger partial charge in [-0.15, -0.1) is 0 Å². The van der Waals surface area contributed by atoms with Crippen LogP contribution in [0.15, 0.2) is 105 Å². The number of fused-ring (bicyclic) bond motifs is 1. The fourth-order valence-electron chi connectivity index (χ4n) is 9.74. The van der Waals surface area contributed by atoms with Gasteiger partial charge in [0.15, 0.2) is 39.4 Å².